The molecule has 1 heterocycles. The molecule has 15 heavy (non-hydrogen) atoms. The molecule has 0 saturated carbocycles. The van der Waals surface area contributed by atoms with E-state index >= 15 is 0 Å². The van der Waals surface area contributed by atoms with Crippen molar-refractivity contribution in [3.8, 4) is 12.1 Å². The molecule has 0 amide bonds. The Kier molecular flexibility index (Phi) is 4.04. The average Bonchev–Trinajstić information content (AvgIpc) is 2.16. The third kappa shape index (κ3) is 3.21. The molecular weight excluding hydrogens is 239 g/mol. The molecule has 0 aliphatic carbocycles. The summed E-state index contributed by atoms with van der Waals surface area (Å²) in [5, 5.41) is 16.9. The smallest absolute Gasteiger partial charge is 0.232 e. The minimum atomic E-state index is -0.0779. The summed E-state index contributed by atoms with van der Waals surface area (Å²) in [4.78, 5) is 12.4. The summed E-state index contributed by atoms with van der Waals surface area (Å²) in [6.07, 6.45) is 0. The van der Waals surface area contributed by atoms with Gasteiger partial charge in [0.05, 0.1) is 12.1 Å². The molecule has 0 N–H and O–H groups in total. The van der Waals surface area contributed by atoms with Crippen LogP contribution in [0.2, 0.25) is 10.6 Å². The molecule has 0 spiro atoms. The van der Waals surface area contributed by atoms with Crippen LogP contribution in [-0.4, -0.2) is 28.0 Å². The number of nitriles is 2. The van der Waals surface area contributed by atoms with E-state index in [4.69, 9.17) is 33.7 Å². The third-order valence-electron chi connectivity index (χ3n) is 1.38. The fraction of sp³-hybridized carbons (Fsp3) is 0.286. The molecule has 0 aliphatic rings. The van der Waals surface area contributed by atoms with Crippen LogP contribution in [0.5, 0.6) is 0 Å². The van der Waals surface area contributed by atoms with E-state index in [0.29, 0.717) is 0 Å². The molecule has 0 fully saturated rings. The minimum Gasteiger partial charge on any atom is -0.314 e. The number of hydrogen-bond acceptors (Lipinski definition) is 6. The maximum Gasteiger partial charge on any atom is 0.232 e. The summed E-state index contributed by atoms with van der Waals surface area (Å²) < 4.78 is 0. The lowest BCUT2D eigenvalue weighted by Crippen LogP contribution is -2.26. The number of halogens is 2. The van der Waals surface area contributed by atoms with Gasteiger partial charge in [0.1, 0.15) is 13.1 Å². The molecule has 76 valence electrons. The Morgan fingerprint density at radius 3 is 1.87 bits per heavy atom. The fourth-order valence-corrected chi connectivity index (χ4v) is 1.18. The van der Waals surface area contributed by atoms with Crippen molar-refractivity contribution >= 4 is 29.2 Å². The number of nitrogens with zero attached hydrogens (tertiary/aromatic N) is 6. The molecule has 0 aromatic carbocycles. The van der Waals surface area contributed by atoms with Gasteiger partial charge in [-0.05, 0) is 23.2 Å². The zero-order valence-corrected chi connectivity index (χ0v) is 8.87. The molecule has 0 atom stereocenters. The molecule has 1 aromatic heterocycles. The summed E-state index contributed by atoms with van der Waals surface area (Å²) in [7, 11) is 0. The first-order valence-corrected chi connectivity index (χ1v) is 4.49. The normalized spacial score (nSPS) is 9.07. The van der Waals surface area contributed by atoms with E-state index in [1.165, 1.54) is 4.90 Å². The van der Waals surface area contributed by atoms with Gasteiger partial charge in [-0.2, -0.15) is 25.5 Å². The van der Waals surface area contributed by atoms with Crippen molar-refractivity contribution in [2.24, 2.45) is 0 Å². The van der Waals surface area contributed by atoms with Gasteiger partial charge in [0, 0.05) is 0 Å². The van der Waals surface area contributed by atoms with Crippen molar-refractivity contribution in [3.05, 3.63) is 10.6 Å². The zero-order valence-electron chi connectivity index (χ0n) is 7.35. The maximum absolute atomic E-state index is 8.52. The lowest BCUT2D eigenvalue weighted by molar-refractivity contribution is 0.879. The SMILES string of the molecule is N#CCN(CC#N)c1nc(Cl)nc(Cl)n1. The van der Waals surface area contributed by atoms with Gasteiger partial charge >= 0.3 is 0 Å². The van der Waals surface area contributed by atoms with Gasteiger partial charge in [0.2, 0.25) is 16.5 Å². The van der Waals surface area contributed by atoms with Crippen LogP contribution < -0.4 is 4.90 Å². The second kappa shape index (κ2) is 5.30. The predicted molar refractivity (Wildman–Crippen MR) is 53.3 cm³/mol. The molecule has 8 heteroatoms. The van der Waals surface area contributed by atoms with Crippen LogP contribution in [0, 0.1) is 22.7 Å². The van der Waals surface area contributed by atoms with Crippen LogP contribution in [0.15, 0.2) is 0 Å². The van der Waals surface area contributed by atoms with Crippen LogP contribution in [0.3, 0.4) is 0 Å². The van der Waals surface area contributed by atoms with Gasteiger partial charge in [-0.3, -0.25) is 0 Å². The molecule has 0 radical (unpaired) electrons. The quantitative estimate of drug-likeness (QED) is 0.736. The van der Waals surface area contributed by atoms with Crippen LogP contribution in [0.4, 0.5) is 5.95 Å². The van der Waals surface area contributed by atoms with Crippen LogP contribution in [-0.2, 0) is 0 Å². The number of rotatable bonds is 3. The number of aromatic nitrogens is 3. The second-order valence-electron chi connectivity index (χ2n) is 2.35. The van der Waals surface area contributed by atoms with Crippen LogP contribution in [0.1, 0.15) is 0 Å². The molecule has 0 bridgehead atoms. The Labute approximate surface area is 95.7 Å². The average molecular weight is 243 g/mol. The van der Waals surface area contributed by atoms with Crippen molar-refractivity contribution in [1.29, 1.82) is 10.5 Å². The summed E-state index contributed by atoms with van der Waals surface area (Å²) in [6, 6.07) is 3.76. The number of anilines is 1. The van der Waals surface area contributed by atoms with Gasteiger partial charge in [-0.1, -0.05) is 0 Å². The lowest BCUT2D eigenvalue weighted by atomic mass is 10.5. The van der Waals surface area contributed by atoms with Crippen LogP contribution in [0.25, 0.3) is 0 Å². The van der Waals surface area contributed by atoms with E-state index in [1.54, 1.807) is 0 Å². The van der Waals surface area contributed by atoms with E-state index in [-0.39, 0.29) is 29.6 Å². The minimum absolute atomic E-state index is 0.0236. The molecule has 1 aromatic rings. The molecule has 6 nitrogen and oxygen atoms in total. The maximum atomic E-state index is 8.52. The van der Waals surface area contributed by atoms with Gasteiger partial charge < -0.3 is 4.90 Å². The molecule has 0 aliphatic heterocycles. The van der Waals surface area contributed by atoms with E-state index in [9.17, 15) is 0 Å². The Bertz CT molecular complexity index is 398. The highest BCUT2D eigenvalue weighted by Gasteiger charge is 2.11. The number of hydrogen-bond donors (Lipinski definition) is 0. The highest BCUT2D eigenvalue weighted by atomic mass is 35.5. The van der Waals surface area contributed by atoms with Crippen molar-refractivity contribution in [1.82, 2.24) is 15.0 Å². The van der Waals surface area contributed by atoms with Crippen molar-refractivity contribution in [2.75, 3.05) is 18.0 Å². The van der Waals surface area contributed by atoms with Crippen LogP contribution >= 0.6 is 23.2 Å². The first-order chi connectivity index (χ1) is 7.17. The Morgan fingerprint density at radius 1 is 1.00 bits per heavy atom. The molecule has 0 unspecified atom stereocenters. The topological polar surface area (TPSA) is 89.5 Å². The predicted octanol–water partition coefficient (Wildman–Crippen LogP) is 1.03. The monoisotopic (exact) mass is 242 g/mol. The lowest BCUT2D eigenvalue weighted by Gasteiger charge is -2.14. The first-order valence-electron chi connectivity index (χ1n) is 3.73. The summed E-state index contributed by atoms with van der Waals surface area (Å²) >= 11 is 11.1. The van der Waals surface area contributed by atoms with Crippen molar-refractivity contribution < 1.29 is 0 Å². The van der Waals surface area contributed by atoms with E-state index in [1.807, 2.05) is 12.1 Å². The first kappa shape index (κ1) is 11.4. The van der Waals surface area contributed by atoms with Gasteiger partial charge in [0.15, 0.2) is 0 Å². The van der Waals surface area contributed by atoms with Gasteiger partial charge in [-0.15, -0.1) is 0 Å². The highest BCUT2D eigenvalue weighted by molar-refractivity contribution is 6.31. The zero-order chi connectivity index (χ0) is 11.3. The molecular formula is C7H4Cl2N6. The Morgan fingerprint density at radius 2 is 1.47 bits per heavy atom. The van der Waals surface area contributed by atoms with Crippen molar-refractivity contribution in [3.63, 3.8) is 0 Å². The standard InChI is InChI=1S/C7H4Cl2N6/c8-5-12-6(9)14-7(13-5)15(3-1-10)4-2-11/h3-4H2. The summed E-state index contributed by atoms with van der Waals surface area (Å²) in [6.45, 7) is -0.0472. The Hall–Kier alpha value is -1.63. The highest BCUT2D eigenvalue weighted by Crippen LogP contribution is 2.13. The second-order valence-corrected chi connectivity index (χ2v) is 3.02. The molecule has 1 rings (SSSR count). The third-order valence-corrected chi connectivity index (χ3v) is 1.71. The van der Waals surface area contributed by atoms with Crippen molar-refractivity contribution in [2.45, 2.75) is 0 Å². The molecule has 0 saturated heterocycles. The summed E-state index contributed by atoms with van der Waals surface area (Å²) in [5.41, 5.74) is 0. The van der Waals surface area contributed by atoms with E-state index in [0.717, 1.165) is 0 Å². The van der Waals surface area contributed by atoms with Gasteiger partial charge in [-0.25, -0.2) is 0 Å². The van der Waals surface area contributed by atoms with E-state index < -0.39 is 0 Å². The fourth-order valence-electron chi connectivity index (χ4n) is 0.826. The Balaban J connectivity index is 3.01. The largest absolute Gasteiger partial charge is 0.314 e. The summed E-state index contributed by atoms with van der Waals surface area (Å²) in [5.74, 6) is 0.114. The van der Waals surface area contributed by atoms with Gasteiger partial charge in [0.25, 0.3) is 0 Å². The van der Waals surface area contributed by atoms with E-state index in [2.05, 4.69) is 15.0 Å².